The largest absolute Gasteiger partial charge is 0.379 e. The summed E-state index contributed by atoms with van der Waals surface area (Å²) in [6, 6.07) is 0. The van der Waals surface area contributed by atoms with E-state index in [1.807, 2.05) is 0 Å². The Hall–Kier alpha value is -0.120. The number of ether oxygens (including phenoxy) is 1. The molecule has 3 nitrogen and oxygen atoms in total. The second-order valence-corrected chi connectivity index (χ2v) is 5.06. The predicted octanol–water partition coefficient (Wildman–Crippen LogP) is 1.58. The first-order valence-electron chi connectivity index (χ1n) is 6.97. The van der Waals surface area contributed by atoms with E-state index in [9.17, 15) is 0 Å². The van der Waals surface area contributed by atoms with Gasteiger partial charge in [-0.3, -0.25) is 4.90 Å². The van der Waals surface area contributed by atoms with E-state index in [2.05, 4.69) is 9.80 Å². The number of rotatable bonds is 3. The normalized spacial score (nSPS) is 26.2. The minimum absolute atomic E-state index is 0.931. The molecular formula is C13H26N2O. The Balaban J connectivity index is 1.62. The van der Waals surface area contributed by atoms with Gasteiger partial charge in [0.15, 0.2) is 0 Å². The van der Waals surface area contributed by atoms with Crippen molar-refractivity contribution >= 4 is 0 Å². The highest BCUT2D eigenvalue weighted by Gasteiger charge is 2.12. The highest BCUT2D eigenvalue weighted by Crippen LogP contribution is 2.10. The van der Waals surface area contributed by atoms with E-state index >= 15 is 0 Å². The Bertz CT molecular complexity index is 173. The summed E-state index contributed by atoms with van der Waals surface area (Å²) in [5, 5.41) is 0. The Kier molecular flexibility index (Phi) is 5.59. The van der Waals surface area contributed by atoms with Crippen molar-refractivity contribution in [1.82, 2.24) is 9.80 Å². The zero-order valence-corrected chi connectivity index (χ0v) is 10.5. The SMILES string of the molecule is C1CCCN(CCN2CCOCC2)CCC1. The van der Waals surface area contributed by atoms with Crippen LogP contribution in [0.3, 0.4) is 0 Å². The lowest BCUT2D eigenvalue weighted by molar-refractivity contribution is 0.0330. The lowest BCUT2D eigenvalue weighted by Crippen LogP contribution is -2.42. The Morgan fingerprint density at radius 2 is 1.12 bits per heavy atom. The van der Waals surface area contributed by atoms with Crippen LogP contribution in [0.5, 0.6) is 0 Å². The van der Waals surface area contributed by atoms with Crippen LogP contribution in [0.15, 0.2) is 0 Å². The molecule has 0 aliphatic carbocycles. The van der Waals surface area contributed by atoms with Crippen LogP contribution in [-0.4, -0.2) is 62.3 Å². The molecule has 0 bridgehead atoms. The molecule has 0 aromatic carbocycles. The molecule has 2 rings (SSSR count). The van der Waals surface area contributed by atoms with Gasteiger partial charge in [0.2, 0.25) is 0 Å². The van der Waals surface area contributed by atoms with Gasteiger partial charge in [0.1, 0.15) is 0 Å². The lowest BCUT2D eigenvalue weighted by Gasteiger charge is -2.30. The molecular weight excluding hydrogens is 200 g/mol. The highest BCUT2D eigenvalue weighted by molar-refractivity contribution is 4.67. The van der Waals surface area contributed by atoms with Crippen LogP contribution in [0.1, 0.15) is 32.1 Å². The van der Waals surface area contributed by atoms with Gasteiger partial charge in [0.25, 0.3) is 0 Å². The van der Waals surface area contributed by atoms with Gasteiger partial charge in [-0.15, -0.1) is 0 Å². The molecule has 0 aromatic rings. The first-order chi connectivity index (χ1) is 7.95. The molecule has 0 unspecified atom stereocenters. The van der Waals surface area contributed by atoms with Crippen molar-refractivity contribution in [3.63, 3.8) is 0 Å². The summed E-state index contributed by atoms with van der Waals surface area (Å²) in [6.45, 7) is 9.28. The fraction of sp³-hybridized carbons (Fsp3) is 1.00. The molecule has 2 fully saturated rings. The molecule has 0 N–H and O–H groups in total. The average Bonchev–Trinajstić information content (AvgIpc) is 2.29. The molecule has 0 radical (unpaired) electrons. The third kappa shape index (κ3) is 4.40. The second-order valence-electron chi connectivity index (χ2n) is 5.06. The zero-order chi connectivity index (χ0) is 11.1. The molecule has 2 saturated heterocycles. The summed E-state index contributed by atoms with van der Waals surface area (Å²) < 4.78 is 5.37. The molecule has 0 saturated carbocycles. The molecule has 2 heterocycles. The van der Waals surface area contributed by atoms with Crippen molar-refractivity contribution < 1.29 is 4.74 Å². The van der Waals surface area contributed by atoms with E-state index in [0.29, 0.717) is 0 Å². The van der Waals surface area contributed by atoms with Crippen LogP contribution in [0.4, 0.5) is 0 Å². The van der Waals surface area contributed by atoms with Gasteiger partial charge >= 0.3 is 0 Å². The number of morpholine rings is 1. The van der Waals surface area contributed by atoms with Crippen molar-refractivity contribution in [2.45, 2.75) is 32.1 Å². The fourth-order valence-corrected chi connectivity index (χ4v) is 2.64. The number of likely N-dealkylation sites (tertiary alicyclic amines) is 1. The van der Waals surface area contributed by atoms with E-state index in [-0.39, 0.29) is 0 Å². The van der Waals surface area contributed by atoms with Gasteiger partial charge in [-0.2, -0.15) is 0 Å². The summed E-state index contributed by atoms with van der Waals surface area (Å²) >= 11 is 0. The van der Waals surface area contributed by atoms with E-state index in [1.54, 1.807) is 0 Å². The second kappa shape index (κ2) is 7.25. The van der Waals surface area contributed by atoms with E-state index in [4.69, 9.17) is 4.74 Å². The van der Waals surface area contributed by atoms with Crippen molar-refractivity contribution in [1.29, 1.82) is 0 Å². The third-order valence-corrected chi connectivity index (χ3v) is 3.78. The molecule has 0 spiro atoms. The summed E-state index contributed by atoms with van der Waals surface area (Å²) in [7, 11) is 0. The van der Waals surface area contributed by atoms with Gasteiger partial charge in [-0.05, 0) is 25.9 Å². The molecule has 16 heavy (non-hydrogen) atoms. The van der Waals surface area contributed by atoms with Crippen molar-refractivity contribution in [3.8, 4) is 0 Å². The van der Waals surface area contributed by atoms with Crippen LogP contribution >= 0.6 is 0 Å². The van der Waals surface area contributed by atoms with Crippen LogP contribution in [-0.2, 0) is 4.74 Å². The number of hydrogen-bond donors (Lipinski definition) is 0. The summed E-state index contributed by atoms with van der Waals surface area (Å²) in [6.07, 6.45) is 7.14. The molecule has 3 heteroatoms. The maximum Gasteiger partial charge on any atom is 0.0594 e. The zero-order valence-electron chi connectivity index (χ0n) is 10.5. The third-order valence-electron chi connectivity index (χ3n) is 3.78. The first-order valence-corrected chi connectivity index (χ1v) is 6.97. The molecule has 94 valence electrons. The summed E-state index contributed by atoms with van der Waals surface area (Å²) in [5.41, 5.74) is 0. The Morgan fingerprint density at radius 1 is 0.625 bits per heavy atom. The van der Waals surface area contributed by atoms with Crippen LogP contribution in [0, 0.1) is 0 Å². The Morgan fingerprint density at radius 3 is 1.75 bits per heavy atom. The standard InChI is InChI=1S/C13H26N2O/c1-2-4-6-14(7-5-3-1)8-9-15-10-12-16-13-11-15/h1-13H2. The van der Waals surface area contributed by atoms with Crippen LogP contribution in [0.2, 0.25) is 0 Å². The monoisotopic (exact) mass is 226 g/mol. The maximum absolute atomic E-state index is 5.37. The average molecular weight is 226 g/mol. The fourth-order valence-electron chi connectivity index (χ4n) is 2.64. The first kappa shape index (κ1) is 12.3. The minimum atomic E-state index is 0.931. The van der Waals surface area contributed by atoms with Crippen LogP contribution in [0.25, 0.3) is 0 Å². The van der Waals surface area contributed by atoms with E-state index in [1.165, 1.54) is 58.3 Å². The van der Waals surface area contributed by atoms with Gasteiger partial charge in [-0.1, -0.05) is 19.3 Å². The molecule has 0 atom stereocenters. The number of hydrogen-bond acceptors (Lipinski definition) is 3. The minimum Gasteiger partial charge on any atom is -0.379 e. The Labute approximate surface area is 99.7 Å². The maximum atomic E-state index is 5.37. The predicted molar refractivity (Wildman–Crippen MR) is 66.8 cm³/mol. The highest BCUT2D eigenvalue weighted by atomic mass is 16.5. The van der Waals surface area contributed by atoms with Crippen LogP contribution < -0.4 is 0 Å². The smallest absolute Gasteiger partial charge is 0.0594 e. The van der Waals surface area contributed by atoms with Crippen molar-refractivity contribution in [3.05, 3.63) is 0 Å². The van der Waals surface area contributed by atoms with Gasteiger partial charge in [0.05, 0.1) is 13.2 Å². The molecule has 0 amide bonds. The lowest BCUT2D eigenvalue weighted by atomic mass is 10.1. The van der Waals surface area contributed by atoms with Crippen molar-refractivity contribution in [2.24, 2.45) is 0 Å². The topological polar surface area (TPSA) is 15.7 Å². The molecule has 2 aliphatic heterocycles. The van der Waals surface area contributed by atoms with Crippen molar-refractivity contribution in [2.75, 3.05) is 52.5 Å². The van der Waals surface area contributed by atoms with Gasteiger partial charge in [0, 0.05) is 26.2 Å². The number of nitrogens with zero attached hydrogens (tertiary/aromatic N) is 2. The van der Waals surface area contributed by atoms with E-state index in [0.717, 1.165) is 26.3 Å². The van der Waals surface area contributed by atoms with Gasteiger partial charge in [-0.25, -0.2) is 0 Å². The van der Waals surface area contributed by atoms with E-state index < -0.39 is 0 Å². The van der Waals surface area contributed by atoms with Gasteiger partial charge < -0.3 is 9.64 Å². The summed E-state index contributed by atoms with van der Waals surface area (Å²) in [5.74, 6) is 0. The molecule has 0 aromatic heterocycles. The molecule has 2 aliphatic rings. The quantitative estimate of drug-likeness (QED) is 0.727. The summed E-state index contributed by atoms with van der Waals surface area (Å²) in [4.78, 5) is 5.21.